The summed E-state index contributed by atoms with van der Waals surface area (Å²) in [5.74, 6) is -0.830. The van der Waals surface area contributed by atoms with E-state index in [1.54, 1.807) is 0 Å². The summed E-state index contributed by atoms with van der Waals surface area (Å²) in [5, 5.41) is 0. The van der Waals surface area contributed by atoms with E-state index < -0.39 is 0 Å². The molecule has 5 heteroatoms. The maximum atomic E-state index is 13.8. The summed E-state index contributed by atoms with van der Waals surface area (Å²) >= 11 is 3.53. The SMILES string of the molecule is Cc1ccc(N2C(=O)[C@@H]3C4Cc5ccccc5CN4C(c4ccc(Br)cc4)[C@@H]3C2=O)cc1. The van der Waals surface area contributed by atoms with E-state index in [9.17, 15) is 9.59 Å². The number of amides is 2. The monoisotopic (exact) mass is 486 g/mol. The van der Waals surface area contributed by atoms with Gasteiger partial charge in [0.05, 0.1) is 17.5 Å². The predicted molar refractivity (Wildman–Crippen MR) is 127 cm³/mol. The number of hydrogen-bond donors (Lipinski definition) is 0. The normalized spacial score (nSPS) is 26.8. The molecule has 0 aromatic heterocycles. The maximum absolute atomic E-state index is 13.8. The van der Waals surface area contributed by atoms with E-state index in [0.29, 0.717) is 5.69 Å². The standard InChI is InChI=1S/C27H23BrN2O2/c1-16-6-12-21(13-7-16)30-26(31)23-22-14-18-4-2-3-5-19(18)15-29(22)25(24(23)27(30)32)17-8-10-20(28)11-9-17/h2-13,22-25H,14-15H2,1H3/t22?,23-,24-,25?/m1/s1. The highest BCUT2D eigenvalue weighted by Crippen LogP contribution is 2.53. The van der Waals surface area contributed by atoms with Gasteiger partial charge in [-0.1, -0.05) is 70.0 Å². The molecule has 32 heavy (non-hydrogen) atoms. The third kappa shape index (κ3) is 2.91. The van der Waals surface area contributed by atoms with Crippen molar-refractivity contribution in [3.8, 4) is 0 Å². The van der Waals surface area contributed by atoms with E-state index in [-0.39, 0.29) is 35.7 Å². The fourth-order valence-electron chi connectivity index (χ4n) is 5.87. The maximum Gasteiger partial charge on any atom is 0.239 e. The topological polar surface area (TPSA) is 40.6 Å². The minimum atomic E-state index is -0.371. The Hall–Kier alpha value is -2.76. The zero-order valence-corrected chi connectivity index (χ0v) is 19.3. The van der Waals surface area contributed by atoms with E-state index in [0.717, 1.165) is 28.6 Å². The Labute approximate surface area is 196 Å². The first-order valence-electron chi connectivity index (χ1n) is 11.1. The van der Waals surface area contributed by atoms with Crippen molar-refractivity contribution in [1.29, 1.82) is 0 Å². The molecule has 3 heterocycles. The molecule has 0 radical (unpaired) electrons. The Balaban J connectivity index is 1.47. The van der Waals surface area contributed by atoms with Gasteiger partial charge in [-0.15, -0.1) is 0 Å². The van der Waals surface area contributed by atoms with Gasteiger partial charge in [0.15, 0.2) is 0 Å². The smallest absolute Gasteiger partial charge is 0.239 e. The third-order valence-electron chi connectivity index (χ3n) is 7.34. The van der Waals surface area contributed by atoms with Gasteiger partial charge in [0.2, 0.25) is 11.8 Å². The van der Waals surface area contributed by atoms with E-state index in [1.165, 1.54) is 16.0 Å². The lowest BCUT2D eigenvalue weighted by Gasteiger charge is -2.38. The Bertz CT molecular complexity index is 1220. The first kappa shape index (κ1) is 19.9. The van der Waals surface area contributed by atoms with Crippen molar-refractivity contribution >= 4 is 33.4 Å². The van der Waals surface area contributed by atoms with Crippen LogP contribution in [0.15, 0.2) is 77.3 Å². The van der Waals surface area contributed by atoms with Crippen LogP contribution >= 0.6 is 15.9 Å². The fraction of sp³-hybridized carbons (Fsp3) is 0.259. The van der Waals surface area contributed by atoms with Crippen molar-refractivity contribution < 1.29 is 9.59 Å². The Morgan fingerprint density at radius 2 is 1.47 bits per heavy atom. The summed E-state index contributed by atoms with van der Waals surface area (Å²) < 4.78 is 1.01. The second kappa shape index (κ2) is 7.39. The molecule has 2 fully saturated rings. The van der Waals surface area contributed by atoms with E-state index in [4.69, 9.17) is 0 Å². The zero-order chi connectivity index (χ0) is 22.0. The molecule has 2 saturated heterocycles. The van der Waals surface area contributed by atoms with Crippen LogP contribution in [-0.2, 0) is 22.6 Å². The third-order valence-corrected chi connectivity index (χ3v) is 7.87. The van der Waals surface area contributed by atoms with Gasteiger partial charge in [0, 0.05) is 23.1 Å². The Morgan fingerprint density at radius 3 is 2.19 bits per heavy atom. The zero-order valence-electron chi connectivity index (χ0n) is 17.7. The van der Waals surface area contributed by atoms with Crippen molar-refractivity contribution in [2.75, 3.05) is 4.90 Å². The summed E-state index contributed by atoms with van der Waals surface area (Å²) in [5.41, 5.74) is 5.46. The summed E-state index contributed by atoms with van der Waals surface area (Å²) in [7, 11) is 0. The highest BCUT2D eigenvalue weighted by molar-refractivity contribution is 9.10. The van der Waals surface area contributed by atoms with Crippen LogP contribution in [0.5, 0.6) is 0 Å². The van der Waals surface area contributed by atoms with Gasteiger partial charge in [-0.05, 0) is 54.3 Å². The molecule has 4 atom stereocenters. The highest BCUT2D eigenvalue weighted by Gasteiger charge is 2.63. The molecular formula is C27H23BrN2O2. The number of aryl methyl sites for hydroxylation is 1. The van der Waals surface area contributed by atoms with Crippen LogP contribution in [0.3, 0.4) is 0 Å². The van der Waals surface area contributed by atoms with Gasteiger partial charge in [-0.25, -0.2) is 4.90 Å². The second-order valence-electron chi connectivity index (χ2n) is 9.11. The van der Waals surface area contributed by atoms with Crippen LogP contribution in [-0.4, -0.2) is 22.8 Å². The van der Waals surface area contributed by atoms with Crippen LogP contribution in [0.25, 0.3) is 0 Å². The number of halogens is 1. The summed E-state index contributed by atoms with van der Waals surface area (Å²) in [6.45, 7) is 2.77. The molecule has 0 aliphatic carbocycles. The van der Waals surface area contributed by atoms with Crippen molar-refractivity contribution in [2.24, 2.45) is 11.8 Å². The Kier molecular flexibility index (Phi) is 4.60. The number of anilines is 1. The summed E-state index contributed by atoms with van der Waals surface area (Å²) in [6, 6.07) is 24.3. The fourth-order valence-corrected chi connectivity index (χ4v) is 6.13. The summed E-state index contributed by atoms with van der Waals surface area (Å²) in [6.07, 6.45) is 0.797. The van der Waals surface area contributed by atoms with Crippen LogP contribution in [0.2, 0.25) is 0 Å². The lowest BCUT2D eigenvalue weighted by atomic mass is 9.84. The number of imide groups is 1. The van der Waals surface area contributed by atoms with Gasteiger partial charge in [-0.3, -0.25) is 14.5 Å². The average molecular weight is 487 g/mol. The first-order valence-corrected chi connectivity index (χ1v) is 11.8. The molecule has 0 spiro atoms. The number of carbonyl (C=O) groups is 2. The van der Waals surface area contributed by atoms with Gasteiger partial charge in [0.1, 0.15) is 0 Å². The predicted octanol–water partition coefficient (Wildman–Crippen LogP) is 5.04. The molecule has 3 aliphatic rings. The number of fused-ring (bicyclic) bond motifs is 4. The van der Waals surface area contributed by atoms with Crippen LogP contribution in [0.4, 0.5) is 5.69 Å². The average Bonchev–Trinajstić information content (AvgIpc) is 3.26. The summed E-state index contributed by atoms with van der Waals surface area (Å²) in [4.78, 5) is 31.4. The molecule has 3 aromatic rings. The van der Waals surface area contributed by atoms with Crippen molar-refractivity contribution in [2.45, 2.75) is 32.0 Å². The number of carbonyl (C=O) groups excluding carboxylic acids is 2. The van der Waals surface area contributed by atoms with Crippen molar-refractivity contribution in [3.63, 3.8) is 0 Å². The minimum Gasteiger partial charge on any atom is -0.287 e. The number of benzene rings is 3. The van der Waals surface area contributed by atoms with Gasteiger partial charge in [-0.2, -0.15) is 0 Å². The second-order valence-corrected chi connectivity index (χ2v) is 10.0. The first-order chi connectivity index (χ1) is 15.5. The molecule has 0 saturated carbocycles. The van der Waals surface area contributed by atoms with Gasteiger partial charge < -0.3 is 0 Å². The molecule has 3 aliphatic heterocycles. The number of hydrogen-bond acceptors (Lipinski definition) is 3. The number of rotatable bonds is 2. The molecule has 2 unspecified atom stereocenters. The molecule has 0 N–H and O–H groups in total. The van der Waals surface area contributed by atoms with Gasteiger partial charge in [0.25, 0.3) is 0 Å². The van der Waals surface area contributed by atoms with Crippen LogP contribution < -0.4 is 4.90 Å². The minimum absolute atomic E-state index is 0.0236. The van der Waals surface area contributed by atoms with E-state index in [1.807, 2.05) is 43.3 Å². The van der Waals surface area contributed by atoms with E-state index >= 15 is 0 Å². The largest absolute Gasteiger partial charge is 0.287 e. The Morgan fingerprint density at radius 1 is 0.812 bits per heavy atom. The van der Waals surface area contributed by atoms with Crippen LogP contribution in [0.1, 0.15) is 28.3 Å². The quantitative estimate of drug-likeness (QED) is 0.476. The highest BCUT2D eigenvalue weighted by atomic mass is 79.9. The lowest BCUT2D eigenvalue weighted by molar-refractivity contribution is -0.124. The molecule has 0 bridgehead atoms. The molecule has 2 amide bonds. The van der Waals surface area contributed by atoms with Gasteiger partial charge >= 0.3 is 0 Å². The van der Waals surface area contributed by atoms with Crippen LogP contribution in [0, 0.1) is 18.8 Å². The molecule has 160 valence electrons. The molecule has 4 nitrogen and oxygen atoms in total. The molecule has 3 aromatic carbocycles. The number of nitrogens with zero attached hydrogens (tertiary/aromatic N) is 2. The van der Waals surface area contributed by atoms with E-state index in [2.05, 4.69) is 57.2 Å². The van der Waals surface area contributed by atoms with Crippen molar-refractivity contribution in [3.05, 3.63) is 99.5 Å². The molecular weight excluding hydrogens is 464 g/mol. The lowest BCUT2D eigenvalue weighted by Crippen LogP contribution is -2.44. The molecule has 6 rings (SSSR count). The van der Waals surface area contributed by atoms with Crippen molar-refractivity contribution in [1.82, 2.24) is 4.90 Å².